The van der Waals surface area contributed by atoms with E-state index in [0.29, 0.717) is 0 Å². The van der Waals surface area contributed by atoms with Crippen molar-refractivity contribution in [1.82, 2.24) is 0 Å². The second-order valence-corrected chi connectivity index (χ2v) is 8.98. The van der Waals surface area contributed by atoms with Gasteiger partial charge in [0, 0.05) is 11.9 Å². The van der Waals surface area contributed by atoms with E-state index in [2.05, 4.69) is 33.9 Å². The van der Waals surface area contributed by atoms with Crippen molar-refractivity contribution in [1.29, 1.82) is 0 Å². The van der Waals surface area contributed by atoms with Crippen LogP contribution in [-0.2, 0) is 3.98 Å². The minimum Gasteiger partial charge on any atom is -0.324 e. The van der Waals surface area contributed by atoms with Gasteiger partial charge in [-0.2, -0.15) is 0 Å². The fourth-order valence-electron chi connectivity index (χ4n) is 0.116. The Morgan fingerprint density at radius 2 is 1.56 bits per heavy atom. The van der Waals surface area contributed by atoms with Crippen LogP contribution >= 0.6 is 11.9 Å². The molecule has 1 nitrogen and oxygen atoms in total. The second-order valence-electron chi connectivity index (χ2n) is 3.84. The van der Waals surface area contributed by atoms with Crippen LogP contribution in [0, 0.1) is 0 Å². The standard InChI is InChI=1S/C6H15ClOSi/c1-6(2,3)9(4,5)8-7/h1-5H3. The van der Waals surface area contributed by atoms with Crippen molar-refractivity contribution in [2.45, 2.75) is 38.9 Å². The lowest BCUT2D eigenvalue weighted by Crippen LogP contribution is -2.37. The van der Waals surface area contributed by atoms with Crippen molar-refractivity contribution < 1.29 is 3.98 Å². The van der Waals surface area contributed by atoms with Crippen molar-refractivity contribution in [3.05, 3.63) is 0 Å². The molecule has 0 bridgehead atoms. The SMILES string of the molecule is CC(C)(C)[Si](C)(C)OCl. The molecule has 3 heteroatoms. The summed E-state index contributed by atoms with van der Waals surface area (Å²) in [7, 11) is -1.61. The van der Waals surface area contributed by atoms with Gasteiger partial charge < -0.3 is 3.98 Å². The van der Waals surface area contributed by atoms with E-state index in [0.717, 1.165) is 0 Å². The van der Waals surface area contributed by atoms with Crippen molar-refractivity contribution in [2.24, 2.45) is 0 Å². The Hall–Kier alpha value is 0.467. The highest BCUT2D eigenvalue weighted by Gasteiger charge is 2.37. The molecule has 0 unspecified atom stereocenters. The molecule has 0 aromatic heterocycles. The quantitative estimate of drug-likeness (QED) is 0.544. The van der Waals surface area contributed by atoms with E-state index >= 15 is 0 Å². The number of hydrogen-bond acceptors (Lipinski definition) is 1. The highest BCUT2D eigenvalue weighted by atomic mass is 35.5. The topological polar surface area (TPSA) is 9.23 Å². The van der Waals surface area contributed by atoms with Gasteiger partial charge in [0.25, 0.3) is 0 Å². The first-order chi connectivity index (χ1) is 3.81. The first-order valence-corrected chi connectivity index (χ1v) is 6.33. The molecule has 0 aliphatic heterocycles. The van der Waals surface area contributed by atoms with Gasteiger partial charge in [-0.15, -0.1) is 0 Å². The summed E-state index contributed by atoms with van der Waals surface area (Å²) in [5.74, 6) is 0. The molecule has 0 aliphatic rings. The lowest BCUT2D eigenvalue weighted by molar-refractivity contribution is 0.532. The van der Waals surface area contributed by atoms with Crippen LogP contribution in [0.2, 0.25) is 18.1 Å². The normalized spacial score (nSPS) is 14.0. The summed E-state index contributed by atoms with van der Waals surface area (Å²) in [6, 6.07) is 0. The third-order valence-electron chi connectivity index (χ3n) is 2.00. The Bertz CT molecular complexity index is 95.7. The Balaban J connectivity index is 4.14. The van der Waals surface area contributed by atoms with E-state index < -0.39 is 8.32 Å². The highest BCUT2D eigenvalue weighted by molar-refractivity contribution is 6.76. The van der Waals surface area contributed by atoms with E-state index in [9.17, 15) is 0 Å². The summed E-state index contributed by atoms with van der Waals surface area (Å²) in [6.07, 6.45) is 0. The van der Waals surface area contributed by atoms with Crippen LogP contribution in [0.4, 0.5) is 0 Å². The van der Waals surface area contributed by atoms with Gasteiger partial charge in [-0.05, 0) is 18.1 Å². The molecule has 0 N–H and O–H groups in total. The molecule has 0 spiro atoms. The molecule has 0 saturated carbocycles. The molecule has 0 amide bonds. The fourth-order valence-corrected chi connectivity index (χ4v) is 1.04. The van der Waals surface area contributed by atoms with Gasteiger partial charge >= 0.3 is 0 Å². The molecule has 0 saturated heterocycles. The molecule has 0 aromatic rings. The highest BCUT2D eigenvalue weighted by Crippen LogP contribution is 2.36. The molecule has 0 atom stereocenters. The van der Waals surface area contributed by atoms with Crippen LogP contribution in [0.15, 0.2) is 0 Å². The molecule has 9 heavy (non-hydrogen) atoms. The van der Waals surface area contributed by atoms with Gasteiger partial charge in [0.1, 0.15) is 0 Å². The second kappa shape index (κ2) is 2.60. The summed E-state index contributed by atoms with van der Waals surface area (Å²) in [6.45, 7) is 10.7. The van der Waals surface area contributed by atoms with Crippen LogP contribution in [0.3, 0.4) is 0 Å². The number of halogens is 1. The molecule has 0 radical (unpaired) electrons. The molecule has 0 aliphatic carbocycles. The largest absolute Gasteiger partial charge is 0.324 e. The van der Waals surface area contributed by atoms with E-state index in [1.165, 1.54) is 0 Å². The van der Waals surface area contributed by atoms with Gasteiger partial charge in [0.05, 0.1) is 0 Å². The Labute approximate surface area is 63.7 Å². The zero-order chi connectivity index (χ0) is 7.71. The summed E-state index contributed by atoms with van der Waals surface area (Å²) in [5.41, 5.74) is 0. The van der Waals surface area contributed by atoms with Crippen molar-refractivity contribution >= 4 is 20.2 Å². The van der Waals surface area contributed by atoms with E-state index in [-0.39, 0.29) is 5.04 Å². The average Bonchev–Trinajstić information content (AvgIpc) is 1.64. The smallest absolute Gasteiger partial charge is 0.219 e. The van der Waals surface area contributed by atoms with Crippen LogP contribution in [-0.4, -0.2) is 8.32 Å². The first kappa shape index (κ1) is 9.47. The lowest BCUT2D eigenvalue weighted by Gasteiger charge is -2.32. The maximum atomic E-state index is 5.34. The summed E-state index contributed by atoms with van der Waals surface area (Å²) >= 11 is 5.34. The number of hydrogen-bond donors (Lipinski definition) is 0. The molecule has 0 aromatic carbocycles. The fraction of sp³-hybridized carbons (Fsp3) is 1.00. The van der Waals surface area contributed by atoms with Crippen LogP contribution in [0.1, 0.15) is 20.8 Å². The van der Waals surface area contributed by atoms with Gasteiger partial charge in [-0.3, -0.25) is 0 Å². The maximum Gasteiger partial charge on any atom is 0.219 e. The number of rotatable bonds is 1. The van der Waals surface area contributed by atoms with E-state index in [1.807, 2.05) is 0 Å². The van der Waals surface area contributed by atoms with E-state index in [4.69, 9.17) is 15.8 Å². The lowest BCUT2D eigenvalue weighted by atomic mass is 10.2. The monoisotopic (exact) mass is 166 g/mol. The minimum absolute atomic E-state index is 0.231. The van der Waals surface area contributed by atoms with Gasteiger partial charge in [0.15, 0.2) is 0 Å². The van der Waals surface area contributed by atoms with Gasteiger partial charge in [0.2, 0.25) is 8.32 Å². The van der Waals surface area contributed by atoms with Crippen molar-refractivity contribution in [3.63, 3.8) is 0 Å². The third kappa shape index (κ3) is 2.28. The molecule has 0 rings (SSSR count). The Morgan fingerprint density at radius 3 is 1.56 bits per heavy atom. The molecule has 56 valence electrons. The average molecular weight is 167 g/mol. The zero-order valence-corrected chi connectivity index (χ0v) is 8.54. The summed E-state index contributed by atoms with van der Waals surface area (Å²) in [5, 5.41) is 0.231. The summed E-state index contributed by atoms with van der Waals surface area (Å²) in [4.78, 5) is 0. The molecular formula is C6H15ClOSi. The van der Waals surface area contributed by atoms with Gasteiger partial charge in [-0.1, -0.05) is 20.8 Å². The Morgan fingerprint density at radius 1 is 1.22 bits per heavy atom. The Kier molecular flexibility index (Phi) is 2.74. The molecular weight excluding hydrogens is 152 g/mol. The summed E-state index contributed by atoms with van der Waals surface area (Å²) < 4.78 is 4.91. The zero-order valence-electron chi connectivity index (χ0n) is 6.79. The predicted octanol–water partition coefficient (Wildman–Crippen LogP) is 3.16. The van der Waals surface area contributed by atoms with Crippen molar-refractivity contribution in [3.8, 4) is 0 Å². The van der Waals surface area contributed by atoms with Crippen molar-refractivity contribution in [2.75, 3.05) is 0 Å². The minimum atomic E-state index is -1.61. The molecule has 0 fully saturated rings. The van der Waals surface area contributed by atoms with E-state index in [1.54, 1.807) is 0 Å². The molecule has 0 heterocycles. The first-order valence-electron chi connectivity index (χ1n) is 3.11. The van der Waals surface area contributed by atoms with Crippen LogP contribution < -0.4 is 0 Å². The van der Waals surface area contributed by atoms with Crippen LogP contribution in [0.25, 0.3) is 0 Å². The van der Waals surface area contributed by atoms with Gasteiger partial charge in [-0.25, -0.2) is 0 Å². The maximum absolute atomic E-state index is 5.34. The predicted molar refractivity (Wildman–Crippen MR) is 44.1 cm³/mol. The van der Waals surface area contributed by atoms with Crippen LogP contribution in [0.5, 0.6) is 0 Å². The third-order valence-corrected chi connectivity index (χ3v) is 7.15.